The van der Waals surface area contributed by atoms with Gasteiger partial charge in [-0.3, -0.25) is 14.2 Å². The fraction of sp³-hybridized carbons (Fsp3) is 0.421. The number of aromatic nitrogens is 2. The van der Waals surface area contributed by atoms with Gasteiger partial charge in [-0.15, -0.1) is 0 Å². The molecule has 6 nitrogen and oxygen atoms in total. The smallest absolute Gasteiger partial charge is 0.254 e. The Balaban J connectivity index is 1.39. The number of aryl methyl sites for hydroxylation is 1. The summed E-state index contributed by atoms with van der Waals surface area (Å²) < 4.78 is 15.6. The summed E-state index contributed by atoms with van der Waals surface area (Å²) >= 11 is 1.52. The highest BCUT2D eigenvalue weighted by Crippen LogP contribution is 2.32. The summed E-state index contributed by atoms with van der Waals surface area (Å²) in [7, 11) is 0. The Morgan fingerprint density at radius 3 is 2.74 bits per heavy atom. The lowest BCUT2D eigenvalue weighted by Gasteiger charge is -2.36. The van der Waals surface area contributed by atoms with Crippen LogP contribution in [0.3, 0.4) is 0 Å². The van der Waals surface area contributed by atoms with Crippen LogP contribution in [-0.4, -0.2) is 52.3 Å². The van der Waals surface area contributed by atoms with E-state index in [-0.39, 0.29) is 23.3 Å². The second-order valence-electron chi connectivity index (χ2n) is 6.88. The Labute approximate surface area is 161 Å². The van der Waals surface area contributed by atoms with E-state index in [1.807, 2.05) is 15.9 Å². The van der Waals surface area contributed by atoms with Crippen molar-refractivity contribution in [2.75, 3.05) is 36.8 Å². The van der Waals surface area contributed by atoms with Crippen molar-refractivity contribution in [3.05, 3.63) is 52.2 Å². The first-order valence-electron chi connectivity index (χ1n) is 9.03. The van der Waals surface area contributed by atoms with Gasteiger partial charge in [-0.25, -0.2) is 9.37 Å². The minimum Gasteiger partial charge on any atom is -0.366 e. The van der Waals surface area contributed by atoms with Crippen LogP contribution in [0.25, 0.3) is 0 Å². The molecule has 3 heterocycles. The van der Waals surface area contributed by atoms with Crippen molar-refractivity contribution in [3.63, 3.8) is 0 Å². The molecule has 0 aliphatic carbocycles. The Morgan fingerprint density at radius 2 is 2.00 bits per heavy atom. The summed E-state index contributed by atoms with van der Waals surface area (Å²) in [4.78, 5) is 33.2. The van der Waals surface area contributed by atoms with Gasteiger partial charge in [-0.05, 0) is 19.1 Å². The van der Waals surface area contributed by atoms with Crippen molar-refractivity contribution in [3.8, 4) is 0 Å². The lowest BCUT2D eigenvalue weighted by atomic mass is 10.1. The molecule has 1 aromatic carbocycles. The van der Waals surface area contributed by atoms with E-state index in [9.17, 15) is 14.0 Å². The van der Waals surface area contributed by atoms with Gasteiger partial charge in [0, 0.05) is 50.1 Å². The maximum Gasteiger partial charge on any atom is 0.254 e. The summed E-state index contributed by atoms with van der Waals surface area (Å²) in [6.07, 6.45) is 0.296. The van der Waals surface area contributed by atoms with Crippen molar-refractivity contribution in [2.24, 2.45) is 0 Å². The van der Waals surface area contributed by atoms with E-state index in [1.54, 1.807) is 23.6 Å². The first-order chi connectivity index (χ1) is 13.0. The fourth-order valence-corrected chi connectivity index (χ4v) is 4.84. The number of piperazine rings is 1. The standard InChI is InChI=1S/C19H21FN4O2S/c1-13-10-18(26)24-14(12-27-19(24)21-13)11-17(25)23-8-6-22(7-9-23)16-5-3-2-4-15(16)20/h2-5,10,14H,6-9,11-12H2,1H3/t14-/m1/s1. The molecule has 142 valence electrons. The Hall–Kier alpha value is -2.35. The van der Waals surface area contributed by atoms with Crippen LogP contribution >= 0.6 is 11.8 Å². The average molecular weight is 388 g/mol. The lowest BCUT2D eigenvalue weighted by molar-refractivity contribution is -0.132. The van der Waals surface area contributed by atoms with E-state index in [0.717, 1.165) is 0 Å². The van der Waals surface area contributed by atoms with Gasteiger partial charge in [0.15, 0.2) is 5.16 Å². The molecule has 4 rings (SSSR count). The predicted molar refractivity (Wildman–Crippen MR) is 103 cm³/mol. The summed E-state index contributed by atoms with van der Waals surface area (Å²) in [6, 6.07) is 8.08. The summed E-state index contributed by atoms with van der Waals surface area (Å²) in [5, 5.41) is 0.696. The van der Waals surface area contributed by atoms with Crippen molar-refractivity contribution < 1.29 is 9.18 Å². The van der Waals surface area contributed by atoms with Crippen molar-refractivity contribution >= 4 is 23.4 Å². The molecule has 1 atom stereocenters. The molecule has 0 radical (unpaired) electrons. The number of hydrogen-bond acceptors (Lipinski definition) is 5. The van der Waals surface area contributed by atoms with E-state index in [2.05, 4.69) is 4.98 Å². The molecule has 0 saturated carbocycles. The van der Waals surface area contributed by atoms with E-state index in [1.165, 1.54) is 23.9 Å². The molecule has 0 bridgehead atoms. The number of fused-ring (bicyclic) bond motifs is 1. The number of amides is 1. The van der Waals surface area contributed by atoms with Gasteiger partial charge in [0.1, 0.15) is 5.82 Å². The molecular formula is C19H21FN4O2S. The van der Waals surface area contributed by atoms with Crippen molar-refractivity contribution in [1.29, 1.82) is 0 Å². The normalized spacial score (nSPS) is 19.3. The summed E-state index contributed by atoms with van der Waals surface area (Å²) in [5.41, 5.74) is 1.19. The maximum atomic E-state index is 13.9. The molecule has 1 fully saturated rings. The zero-order valence-corrected chi connectivity index (χ0v) is 15.9. The highest BCUT2D eigenvalue weighted by atomic mass is 32.2. The van der Waals surface area contributed by atoms with E-state index < -0.39 is 0 Å². The van der Waals surface area contributed by atoms with Crippen LogP contribution < -0.4 is 10.5 Å². The molecule has 2 aromatic rings. The minimum atomic E-state index is -0.237. The third-order valence-electron chi connectivity index (χ3n) is 5.05. The second-order valence-corrected chi connectivity index (χ2v) is 7.86. The first-order valence-corrected chi connectivity index (χ1v) is 10.0. The Kier molecular flexibility index (Phi) is 4.90. The highest BCUT2D eigenvalue weighted by Gasteiger charge is 2.30. The SMILES string of the molecule is Cc1cc(=O)n2c(n1)SC[C@H]2CC(=O)N1CCN(c2ccccc2F)CC1. The van der Waals surface area contributed by atoms with Gasteiger partial charge in [-0.2, -0.15) is 0 Å². The third-order valence-corrected chi connectivity index (χ3v) is 6.15. The van der Waals surface area contributed by atoms with Crippen LogP contribution in [0.1, 0.15) is 18.2 Å². The number of rotatable bonds is 3. The zero-order chi connectivity index (χ0) is 19.0. The largest absolute Gasteiger partial charge is 0.366 e. The zero-order valence-electron chi connectivity index (χ0n) is 15.1. The molecule has 1 amide bonds. The summed E-state index contributed by atoms with van der Waals surface area (Å²) in [6.45, 7) is 4.12. The number of halogens is 1. The van der Waals surface area contributed by atoms with Gasteiger partial charge < -0.3 is 9.80 Å². The van der Waals surface area contributed by atoms with Crippen molar-refractivity contribution in [2.45, 2.75) is 24.5 Å². The second kappa shape index (κ2) is 7.34. The average Bonchev–Trinajstić information content (AvgIpc) is 3.05. The molecule has 0 N–H and O–H groups in total. The van der Waals surface area contributed by atoms with Gasteiger partial charge in [-0.1, -0.05) is 23.9 Å². The topological polar surface area (TPSA) is 58.4 Å². The molecular weight excluding hydrogens is 367 g/mol. The van der Waals surface area contributed by atoms with Crippen molar-refractivity contribution in [1.82, 2.24) is 14.5 Å². The molecule has 0 unspecified atom stereocenters. The highest BCUT2D eigenvalue weighted by molar-refractivity contribution is 7.99. The number of benzene rings is 1. The molecule has 0 spiro atoms. The quantitative estimate of drug-likeness (QED) is 0.754. The van der Waals surface area contributed by atoms with Gasteiger partial charge in [0.25, 0.3) is 5.56 Å². The number of carbonyl (C=O) groups excluding carboxylic acids is 1. The first kappa shape index (κ1) is 18.0. The van der Waals surface area contributed by atoms with Crippen LogP contribution in [0.5, 0.6) is 0 Å². The van der Waals surface area contributed by atoms with Crippen LogP contribution in [0, 0.1) is 12.7 Å². The van der Waals surface area contributed by atoms with E-state index >= 15 is 0 Å². The molecule has 1 aromatic heterocycles. The molecule has 27 heavy (non-hydrogen) atoms. The number of hydrogen-bond donors (Lipinski definition) is 0. The molecule has 2 aliphatic rings. The van der Waals surface area contributed by atoms with Crippen LogP contribution in [0.2, 0.25) is 0 Å². The predicted octanol–water partition coefficient (Wildman–Crippen LogP) is 2.08. The summed E-state index contributed by atoms with van der Waals surface area (Å²) in [5.74, 6) is 0.486. The van der Waals surface area contributed by atoms with Gasteiger partial charge >= 0.3 is 0 Å². The van der Waals surface area contributed by atoms with Gasteiger partial charge in [0.05, 0.1) is 11.7 Å². The third kappa shape index (κ3) is 3.58. The van der Waals surface area contributed by atoms with Crippen LogP contribution in [0.4, 0.5) is 10.1 Å². The maximum absolute atomic E-state index is 13.9. The Bertz CT molecular complexity index is 924. The number of anilines is 1. The van der Waals surface area contributed by atoms with E-state index in [0.29, 0.717) is 54.9 Å². The monoisotopic (exact) mass is 388 g/mol. The van der Waals surface area contributed by atoms with Crippen LogP contribution in [-0.2, 0) is 4.79 Å². The number of carbonyl (C=O) groups is 1. The fourth-order valence-electron chi connectivity index (χ4n) is 3.65. The number of nitrogens with zero attached hydrogens (tertiary/aromatic N) is 4. The lowest BCUT2D eigenvalue weighted by Crippen LogP contribution is -2.49. The molecule has 1 saturated heterocycles. The van der Waals surface area contributed by atoms with Crippen LogP contribution in [0.15, 0.2) is 40.3 Å². The molecule has 8 heteroatoms. The van der Waals surface area contributed by atoms with E-state index in [4.69, 9.17) is 0 Å². The Morgan fingerprint density at radius 1 is 1.26 bits per heavy atom. The minimum absolute atomic E-state index is 0.0362. The number of thioether (sulfide) groups is 1. The number of para-hydroxylation sites is 1. The molecule has 2 aliphatic heterocycles. The van der Waals surface area contributed by atoms with Gasteiger partial charge in [0.2, 0.25) is 5.91 Å².